The molecule has 2 aromatic rings. The largest absolute Gasteiger partial charge is 0.492 e. The molecule has 0 N–H and O–H groups in total. The second-order valence-corrected chi connectivity index (χ2v) is 4.79. The molecule has 2 rings (SSSR count). The van der Waals surface area contributed by atoms with Gasteiger partial charge in [-0.2, -0.15) is 0 Å². The highest BCUT2D eigenvalue weighted by molar-refractivity contribution is 6.30. The number of rotatable bonds is 5. The van der Waals surface area contributed by atoms with Crippen molar-refractivity contribution >= 4 is 17.5 Å². The third-order valence-electron chi connectivity index (χ3n) is 2.70. The predicted octanol–water partition coefficient (Wildman–Crippen LogP) is 2.79. The highest BCUT2D eigenvalue weighted by Crippen LogP contribution is 2.15. The van der Waals surface area contributed by atoms with Crippen LogP contribution < -0.4 is 4.74 Å². The summed E-state index contributed by atoms with van der Waals surface area (Å²) in [5.41, 5.74) is 0.302. The molecule has 0 aliphatic carbocycles. The molecule has 106 valence electrons. The van der Waals surface area contributed by atoms with Crippen molar-refractivity contribution in [2.75, 3.05) is 20.2 Å². The topological polar surface area (TPSA) is 55.6 Å². The Morgan fingerprint density at radius 2 is 2.10 bits per heavy atom. The molecule has 0 saturated heterocycles. The molecule has 0 aliphatic rings. The van der Waals surface area contributed by atoms with E-state index in [9.17, 15) is 4.79 Å². The quantitative estimate of drug-likeness (QED) is 0.851. The van der Waals surface area contributed by atoms with Gasteiger partial charge in [0.05, 0.1) is 6.54 Å². The first-order valence-electron chi connectivity index (χ1n) is 6.13. The number of carbonyl (C=O) groups excluding carboxylic acids is 1. The number of halogens is 1. The zero-order chi connectivity index (χ0) is 14.5. The predicted molar refractivity (Wildman–Crippen MR) is 75.1 cm³/mol. The lowest BCUT2D eigenvalue weighted by Gasteiger charge is -2.15. The van der Waals surface area contributed by atoms with E-state index in [4.69, 9.17) is 20.9 Å². The molecular formula is C14H15ClN2O3. The maximum atomic E-state index is 12.0. The van der Waals surface area contributed by atoms with Crippen molar-refractivity contribution in [3.05, 3.63) is 46.8 Å². The Labute approximate surface area is 122 Å². The van der Waals surface area contributed by atoms with E-state index >= 15 is 0 Å². The van der Waals surface area contributed by atoms with Gasteiger partial charge in [-0.15, -0.1) is 0 Å². The SMILES string of the molecule is Cc1cc(C(=O)N(C)CCOc2ccc(Cl)cc2)no1. The van der Waals surface area contributed by atoms with Gasteiger partial charge in [0, 0.05) is 18.1 Å². The number of carbonyl (C=O) groups is 1. The van der Waals surface area contributed by atoms with Gasteiger partial charge in [-0.25, -0.2) is 0 Å². The van der Waals surface area contributed by atoms with Crippen molar-refractivity contribution < 1.29 is 14.1 Å². The number of hydrogen-bond donors (Lipinski definition) is 0. The van der Waals surface area contributed by atoms with Gasteiger partial charge in [0.2, 0.25) is 0 Å². The monoisotopic (exact) mass is 294 g/mol. The Morgan fingerprint density at radius 3 is 2.70 bits per heavy atom. The number of hydrogen-bond acceptors (Lipinski definition) is 4. The lowest BCUT2D eigenvalue weighted by molar-refractivity contribution is 0.0763. The highest BCUT2D eigenvalue weighted by Gasteiger charge is 2.15. The molecule has 5 nitrogen and oxygen atoms in total. The van der Waals surface area contributed by atoms with E-state index in [0.717, 1.165) is 0 Å². The molecule has 1 amide bonds. The van der Waals surface area contributed by atoms with Crippen LogP contribution in [-0.4, -0.2) is 36.2 Å². The van der Waals surface area contributed by atoms with Crippen LogP contribution in [0.1, 0.15) is 16.2 Å². The average molecular weight is 295 g/mol. The van der Waals surface area contributed by atoms with Crippen LogP contribution in [-0.2, 0) is 0 Å². The van der Waals surface area contributed by atoms with Gasteiger partial charge in [0.1, 0.15) is 18.1 Å². The second-order valence-electron chi connectivity index (χ2n) is 4.35. The number of benzene rings is 1. The van der Waals surface area contributed by atoms with Gasteiger partial charge >= 0.3 is 0 Å². The summed E-state index contributed by atoms with van der Waals surface area (Å²) in [4.78, 5) is 13.5. The summed E-state index contributed by atoms with van der Waals surface area (Å²) >= 11 is 5.78. The van der Waals surface area contributed by atoms with Crippen LogP contribution in [0.4, 0.5) is 0 Å². The summed E-state index contributed by atoms with van der Waals surface area (Å²) in [6, 6.07) is 8.68. The van der Waals surface area contributed by atoms with Gasteiger partial charge < -0.3 is 14.2 Å². The van der Waals surface area contributed by atoms with Crippen LogP contribution in [0.25, 0.3) is 0 Å². The molecule has 1 aromatic heterocycles. The first-order valence-corrected chi connectivity index (χ1v) is 6.51. The highest BCUT2D eigenvalue weighted by atomic mass is 35.5. The fraction of sp³-hybridized carbons (Fsp3) is 0.286. The van der Waals surface area contributed by atoms with Crippen LogP contribution >= 0.6 is 11.6 Å². The maximum absolute atomic E-state index is 12.0. The summed E-state index contributed by atoms with van der Waals surface area (Å²) in [7, 11) is 1.69. The van der Waals surface area contributed by atoms with Gasteiger partial charge in [-0.3, -0.25) is 4.79 Å². The number of nitrogens with zero attached hydrogens (tertiary/aromatic N) is 2. The zero-order valence-electron chi connectivity index (χ0n) is 11.3. The third-order valence-corrected chi connectivity index (χ3v) is 2.95. The summed E-state index contributed by atoms with van der Waals surface area (Å²) in [5, 5.41) is 4.35. The molecular weight excluding hydrogens is 280 g/mol. The molecule has 0 spiro atoms. The fourth-order valence-corrected chi connectivity index (χ4v) is 1.72. The van der Waals surface area contributed by atoms with Crippen LogP contribution in [0.2, 0.25) is 5.02 Å². The average Bonchev–Trinajstić information content (AvgIpc) is 2.86. The fourth-order valence-electron chi connectivity index (χ4n) is 1.60. The minimum absolute atomic E-state index is 0.193. The minimum Gasteiger partial charge on any atom is -0.492 e. The van der Waals surface area contributed by atoms with E-state index in [2.05, 4.69) is 5.16 Å². The summed E-state index contributed by atoms with van der Waals surface area (Å²) in [6.07, 6.45) is 0. The van der Waals surface area contributed by atoms with Crippen molar-refractivity contribution in [1.82, 2.24) is 10.1 Å². The first kappa shape index (κ1) is 14.4. The molecule has 0 radical (unpaired) electrons. The van der Waals surface area contributed by atoms with Gasteiger partial charge in [0.25, 0.3) is 5.91 Å². The smallest absolute Gasteiger partial charge is 0.275 e. The summed E-state index contributed by atoms with van der Waals surface area (Å²) in [5.74, 6) is 1.13. The van der Waals surface area contributed by atoms with E-state index in [1.807, 2.05) is 0 Å². The van der Waals surface area contributed by atoms with E-state index in [-0.39, 0.29) is 5.91 Å². The second kappa shape index (κ2) is 6.43. The van der Waals surface area contributed by atoms with E-state index < -0.39 is 0 Å². The first-order chi connectivity index (χ1) is 9.56. The Bertz CT molecular complexity index is 580. The van der Waals surface area contributed by atoms with Crippen LogP contribution in [0, 0.1) is 6.92 Å². The van der Waals surface area contributed by atoms with Gasteiger partial charge in [-0.1, -0.05) is 16.8 Å². The molecule has 0 atom stereocenters. The van der Waals surface area contributed by atoms with Crippen LogP contribution in [0.15, 0.2) is 34.9 Å². The number of likely N-dealkylation sites (N-methyl/N-ethyl adjacent to an activating group) is 1. The molecule has 6 heteroatoms. The van der Waals surface area contributed by atoms with E-state index in [1.165, 1.54) is 4.90 Å². The summed E-state index contributed by atoms with van der Waals surface area (Å²) < 4.78 is 10.4. The Kier molecular flexibility index (Phi) is 4.63. The standard InChI is InChI=1S/C14H15ClN2O3/c1-10-9-13(16-20-10)14(18)17(2)7-8-19-12-5-3-11(15)4-6-12/h3-6,9H,7-8H2,1-2H3. The van der Waals surface area contributed by atoms with Crippen molar-refractivity contribution in [2.24, 2.45) is 0 Å². The van der Waals surface area contributed by atoms with Crippen molar-refractivity contribution in [3.63, 3.8) is 0 Å². The number of aromatic nitrogens is 1. The summed E-state index contributed by atoms with van der Waals surface area (Å²) in [6.45, 7) is 2.58. The van der Waals surface area contributed by atoms with Gasteiger partial charge in [-0.05, 0) is 31.2 Å². The lowest BCUT2D eigenvalue weighted by Crippen LogP contribution is -2.31. The Morgan fingerprint density at radius 1 is 1.40 bits per heavy atom. The van der Waals surface area contributed by atoms with Crippen LogP contribution in [0.3, 0.4) is 0 Å². The molecule has 0 saturated carbocycles. The Hall–Kier alpha value is -2.01. The Balaban J connectivity index is 1.81. The number of amides is 1. The van der Waals surface area contributed by atoms with Gasteiger partial charge in [0.15, 0.2) is 5.69 Å². The molecule has 20 heavy (non-hydrogen) atoms. The number of aryl methyl sites for hydroxylation is 1. The molecule has 1 heterocycles. The maximum Gasteiger partial charge on any atom is 0.275 e. The minimum atomic E-state index is -0.193. The van der Waals surface area contributed by atoms with E-state index in [0.29, 0.717) is 35.4 Å². The van der Waals surface area contributed by atoms with Crippen molar-refractivity contribution in [3.8, 4) is 5.75 Å². The zero-order valence-corrected chi connectivity index (χ0v) is 12.1. The van der Waals surface area contributed by atoms with Crippen molar-refractivity contribution in [1.29, 1.82) is 0 Å². The third kappa shape index (κ3) is 3.74. The lowest BCUT2D eigenvalue weighted by atomic mass is 10.3. The molecule has 0 aliphatic heterocycles. The van der Waals surface area contributed by atoms with Crippen LogP contribution in [0.5, 0.6) is 5.75 Å². The number of ether oxygens (including phenoxy) is 1. The van der Waals surface area contributed by atoms with E-state index in [1.54, 1.807) is 44.3 Å². The molecule has 0 fully saturated rings. The van der Waals surface area contributed by atoms with Crippen molar-refractivity contribution in [2.45, 2.75) is 6.92 Å². The normalized spacial score (nSPS) is 10.3. The molecule has 0 unspecified atom stereocenters. The molecule has 1 aromatic carbocycles. The molecule has 0 bridgehead atoms.